The Morgan fingerprint density at radius 3 is 2.00 bits per heavy atom. The van der Waals surface area contributed by atoms with Crippen molar-refractivity contribution in [2.24, 2.45) is 40.9 Å². The zero-order valence-electron chi connectivity index (χ0n) is 13.8. The van der Waals surface area contributed by atoms with Crippen molar-refractivity contribution in [3.05, 3.63) is 0 Å². The van der Waals surface area contributed by atoms with Crippen molar-refractivity contribution in [1.82, 2.24) is 5.32 Å². The van der Waals surface area contributed by atoms with Crippen LogP contribution < -0.4 is 5.32 Å². The molecule has 6 fully saturated rings. The fraction of sp³-hybridized carbons (Fsp3) is 1.00. The van der Waals surface area contributed by atoms with Crippen molar-refractivity contribution in [2.75, 3.05) is 7.05 Å². The van der Waals surface area contributed by atoms with Gasteiger partial charge in [0.1, 0.15) is 0 Å². The second-order valence-electron chi connectivity index (χ2n) is 9.79. The van der Waals surface area contributed by atoms with Crippen molar-refractivity contribution in [2.45, 2.75) is 76.7 Å². The van der Waals surface area contributed by atoms with Gasteiger partial charge in [0.2, 0.25) is 0 Å². The van der Waals surface area contributed by atoms with E-state index in [0.717, 1.165) is 41.5 Å². The van der Waals surface area contributed by atoms with E-state index in [0.29, 0.717) is 5.41 Å². The second-order valence-corrected chi connectivity index (χ2v) is 9.79. The Morgan fingerprint density at radius 2 is 1.52 bits per heavy atom. The number of hydrogen-bond acceptors (Lipinski definition) is 1. The van der Waals surface area contributed by atoms with Crippen LogP contribution in [0.1, 0.15) is 70.6 Å². The minimum atomic E-state index is 0.714. The van der Waals surface area contributed by atoms with E-state index in [1.807, 2.05) is 0 Å². The first-order chi connectivity index (χ1) is 10.2. The van der Waals surface area contributed by atoms with Crippen LogP contribution in [0.15, 0.2) is 0 Å². The Balaban J connectivity index is 1.35. The van der Waals surface area contributed by atoms with E-state index >= 15 is 0 Å². The average Bonchev–Trinajstić information content (AvgIpc) is 3.05. The third-order valence-corrected chi connectivity index (χ3v) is 8.60. The Morgan fingerprint density at radius 1 is 0.857 bits per heavy atom. The molecule has 0 aromatic rings. The van der Waals surface area contributed by atoms with Crippen molar-refractivity contribution in [3.8, 4) is 0 Å². The molecule has 0 saturated heterocycles. The highest BCUT2D eigenvalue weighted by molar-refractivity contribution is 5.07. The maximum atomic E-state index is 3.85. The van der Waals surface area contributed by atoms with Crippen LogP contribution in [0.2, 0.25) is 0 Å². The molecule has 0 amide bonds. The van der Waals surface area contributed by atoms with Gasteiger partial charge < -0.3 is 5.32 Å². The van der Waals surface area contributed by atoms with Gasteiger partial charge in [-0.05, 0) is 112 Å². The number of fused-ring (bicyclic) bond motifs is 2. The molecule has 1 N–H and O–H groups in total. The molecule has 0 heterocycles. The highest BCUT2D eigenvalue weighted by atomic mass is 14.9. The van der Waals surface area contributed by atoms with E-state index in [4.69, 9.17) is 0 Å². The average molecular weight is 287 g/mol. The molecule has 1 nitrogen and oxygen atoms in total. The lowest BCUT2D eigenvalue weighted by atomic mass is 9.47. The summed E-state index contributed by atoms with van der Waals surface area (Å²) in [6.07, 6.45) is 17.3. The molecule has 6 aliphatic rings. The van der Waals surface area contributed by atoms with Crippen molar-refractivity contribution in [1.29, 1.82) is 0 Å². The fourth-order valence-corrected chi connectivity index (χ4v) is 8.25. The first-order valence-corrected chi connectivity index (χ1v) is 9.91. The number of hydrogen-bond donors (Lipinski definition) is 1. The molecule has 21 heavy (non-hydrogen) atoms. The molecule has 4 atom stereocenters. The Labute approximate surface area is 130 Å². The summed E-state index contributed by atoms with van der Waals surface area (Å²) in [5.74, 6) is 6.62. The molecule has 0 aromatic heterocycles. The standard InChI is InChI=1S/C20H33N/c1-21-19(9-18-8-13-2-3-17(18)7-13)20-10-14-4-15(11-20)6-16(5-14)12-20/h13-19,21H,2-12H2,1H3. The molecule has 0 radical (unpaired) electrons. The molecule has 4 unspecified atom stereocenters. The molecule has 118 valence electrons. The first kappa shape index (κ1) is 13.4. The van der Waals surface area contributed by atoms with Gasteiger partial charge in [0.15, 0.2) is 0 Å². The molecule has 6 saturated carbocycles. The molecule has 6 aliphatic carbocycles. The van der Waals surface area contributed by atoms with Crippen LogP contribution in [0, 0.1) is 40.9 Å². The summed E-state index contributed by atoms with van der Waals surface area (Å²) in [4.78, 5) is 0. The number of rotatable bonds is 4. The molecule has 0 aromatic carbocycles. The van der Waals surface area contributed by atoms with Gasteiger partial charge >= 0.3 is 0 Å². The van der Waals surface area contributed by atoms with Gasteiger partial charge in [-0.1, -0.05) is 6.42 Å². The predicted molar refractivity (Wildman–Crippen MR) is 87.0 cm³/mol. The molecular weight excluding hydrogens is 254 g/mol. The Hall–Kier alpha value is -0.0400. The lowest BCUT2D eigenvalue weighted by Crippen LogP contribution is -2.55. The van der Waals surface area contributed by atoms with Crippen molar-refractivity contribution >= 4 is 0 Å². The fourth-order valence-electron chi connectivity index (χ4n) is 8.25. The van der Waals surface area contributed by atoms with Gasteiger partial charge in [-0.15, -0.1) is 0 Å². The van der Waals surface area contributed by atoms with Crippen LogP contribution in [0.4, 0.5) is 0 Å². The summed E-state index contributed by atoms with van der Waals surface area (Å²) >= 11 is 0. The van der Waals surface area contributed by atoms with Crippen LogP contribution in [0.3, 0.4) is 0 Å². The zero-order valence-corrected chi connectivity index (χ0v) is 13.8. The summed E-state index contributed by atoms with van der Waals surface area (Å²) in [6.45, 7) is 0. The monoisotopic (exact) mass is 287 g/mol. The first-order valence-electron chi connectivity index (χ1n) is 9.91. The summed E-state index contributed by atoms with van der Waals surface area (Å²) in [5.41, 5.74) is 0.714. The van der Waals surface area contributed by atoms with Crippen molar-refractivity contribution < 1.29 is 0 Å². The lowest BCUT2D eigenvalue weighted by Gasteiger charge is -2.60. The molecular formula is C20H33N. The summed E-state index contributed by atoms with van der Waals surface area (Å²) in [7, 11) is 2.27. The van der Waals surface area contributed by atoms with E-state index in [1.54, 1.807) is 64.2 Å². The molecule has 1 heteroatoms. The molecule has 6 bridgehead atoms. The smallest absolute Gasteiger partial charge is 0.0124 e. The van der Waals surface area contributed by atoms with Crippen molar-refractivity contribution in [3.63, 3.8) is 0 Å². The van der Waals surface area contributed by atoms with Crippen LogP contribution in [-0.2, 0) is 0 Å². The predicted octanol–water partition coefficient (Wildman–Crippen LogP) is 4.62. The maximum absolute atomic E-state index is 3.85. The second kappa shape index (κ2) is 4.73. The largest absolute Gasteiger partial charge is 0.316 e. The summed E-state index contributed by atoms with van der Waals surface area (Å²) in [6, 6.07) is 0.843. The Bertz CT molecular complexity index is 379. The van der Waals surface area contributed by atoms with E-state index < -0.39 is 0 Å². The van der Waals surface area contributed by atoms with E-state index in [-0.39, 0.29) is 0 Å². The van der Waals surface area contributed by atoms with Gasteiger partial charge in [-0.25, -0.2) is 0 Å². The normalized spacial score (nSPS) is 55.3. The van der Waals surface area contributed by atoms with Crippen LogP contribution in [0.5, 0.6) is 0 Å². The third kappa shape index (κ3) is 2.06. The topological polar surface area (TPSA) is 12.0 Å². The van der Waals surface area contributed by atoms with E-state index in [9.17, 15) is 0 Å². The Kier molecular flexibility index (Phi) is 3.02. The highest BCUT2D eigenvalue weighted by Crippen LogP contribution is 2.62. The summed E-state index contributed by atoms with van der Waals surface area (Å²) < 4.78 is 0. The van der Waals surface area contributed by atoms with Crippen LogP contribution >= 0.6 is 0 Å². The highest BCUT2D eigenvalue weighted by Gasteiger charge is 2.54. The van der Waals surface area contributed by atoms with E-state index in [2.05, 4.69) is 12.4 Å². The van der Waals surface area contributed by atoms with Gasteiger partial charge in [0, 0.05) is 6.04 Å². The van der Waals surface area contributed by atoms with Crippen LogP contribution in [0.25, 0.3) is 0 Å². The van der Waals surface area contributed by atoms with Gasteiger partial charge in [0.25, 0.3) is 0 Å². The van der Waals surface area contributed by atoms with E-state index in [1.165, 1.54) is 6.42 Å². The van der Waals surface area contributed by atoms with Gasteiger partial charge in [0.05, 0.1) is 0 Å². The zero-order chi connectivity index (χ0) is 14.0. The third-order valence-electron chi connectivity index (χ3n) is 8.60. The minimum absolute atomic E-state index is 0.714. The van der Waals surface area contributed by atoms with Gasteiger partial charge in [-0.3, -0.25) is 0 Å². The lowest BCUT2D eigenvalue weighted by molar-refractivity contribution is -0.0775. The SMILES string of the molecule is CNC(CC1CC2CCC1C2)C12CC3CC(CC(C3)C1)C2. The van der Waals surface area contributed by atoms with Gasteiger partial charge in [-0.2, -0.15) is 0 Å². The summed E-state index contributed by atoms with van der Waals surface area (Å²) in [5, 5.41) is 3.85. The van der Waals surface area contributed by atoms with Crippen LogP contribution in [-0.4, -0.2) is 13.1 Å². The quantitative estimate of drug-likeness (QED) is 0.795. The molecule has 6 rings (SSSR count). The minimum Gasteiger partial charge on any atom is -0.316 e. The maximum Gasteiger partial charge on any atom is 0.0124 e. The number of nitrogens with one attached hydrogen (secondary N) is 1. The molecule has 0 spiro atoms. The molecule has 0 aliphatic heterocycles.